The van der Waals surface area contributed by atoms with Crippen molar-refractivity contribution in [3.63, 3.8) is 0 Å². The maximum absolute atomic E-state index is 11.8. The maximum atomic E-state index is 11.8. The van der Waals surface area contributed by atoms with Gasteiger partial charge in [0, 0.05) is 18.7 Å². The molecule has 6 heteroatoms. The van der Waals surface area contributed by atoms with Crippen LogP contribution in [0.5, 0.6) is 5.75 Å². The highest BCUT2D eigenvalue weighted by Gasteiger charge is 2.34. The van der Waals surface area contributed by atoms with Crippen molar-refractivity contribution in [2.75, 3.05) is 18.6 Å². The zero-order chi connectivity index (χ0) is 13.1. The van der Waals surface area contributed by atoms with Crippen molar-refractivity contribution in [2.24, 2.45) is 11.8 Å². The van der Waals surface area contributed by atoms with Gasteiger partial charge < -0.3 is 9.64 Å². The van der Waals surface area contributed by atoms with Crippen LogP contribution in [-0.4, -0.2) is 25.5 Å². The van der Waals surface area contributed by atoms with Gasteiger partial charge in [-0.3, -0.25) is 15.0 Å². The van der Waals surface area contributed by atoms with Gasteiger partial charge >= 0.3 is 0 Å². The zero-order valence-corrected chi connectivity index (χ0v) is 10.1. The Morgan fingerprint density at radius 1 is 1.44 bits per heavy atom. The van der Waals surface area contributed by atoms with Crippen LogP contribution < -0.4 is 20.9 Å². The highest BCUT2D eigenvalue weighted by molar-refractivity contribution is 6.00. The van der Waals surface area contributed by atoms with E-state index in [1.807, 2.05) is 0 Å². The average Bonchev–Trinajstić information content (AvgIpc) is 2.80. The fourth-order valence-electron chi connectivity index (χ4n) is 2.01. The predicted octanol–water partition coefficient (Wildman–Crippen LogP) is 0.0380. The topological polar surface area (TPSA) is 84.7 Å². The van der Waals surface area contributed by atoms with Crippen molar-refractivity contribution in [3.05, 3.63) is 24.3 Å². The molecule has 0 bridgehead atoms. The van der Waals surface area contributed by atoms with Crippen molar-refractivity contribution in [1.82, 2.24) is 5.43 Å². The number of methoxy groups -OCH3 is 1. The van der Waals surface area contributed by atoms with E-state index in [-0.39, 0.29) is 24.2 Å². The first-order chi connectivity index (χ1) is 8.65. The molecule has 1 unspecified atom stereocenters. The van der Waals surface area contributed by atoms with Gasteiger partial charge in [-0.2, -0.15) is 0 Å². The molecule has 0 radical (unpaired) electrons. The lowest BCUT2D eigenvalue weighted by atomic mass is 10.1. The van der Waals surface area contributed by atoms with Crippen LogP contribution in [0.1, 0.15) is 6.42 Å². The van der Waals surface area contributed by atoms with Gasteiger partial charge in [-0.1, -0.05) is 0 Å². The fraction of sp³-hybridized carbons (Fsp3) is 0.333. The number of ether oxygens (including phenoxy) is 1. The standard InChI is InChI=1S/C12H15N3O3/c1-18-10-4-2-9(3-5-10)15-7-8(6-11(15)16)12(17)14-13/h2-5,8H,6-7,13H2,1H3,(H,14,17). The zero-order valence-electron chi connectivity index (χ0n) is 10.1. The summed E-state index contributed by atoms with van der Waals surface area (Å²) in [4.78, 5) is 24.8. The maximum Gasteiger partial charge on any atom is 0.239 e. The lowest BCUT2D eigenvalue weighted by Gasteiger charge is -2.16. The summed E-state index contributed by atoms with van der Waals surface area (Å²) in [7, 11) is 1.58. The molecule has 1 saturated heterocycles. The minimum Gasteiger partial charge on any atom is -0.497 e. The van der Waals surface area contributed by atoms with Crippen LogP contribution in [0.4, 0.5) is 5.69 Å². The number of carbonyl (C=O) groups excluding carboxylic acids is 2. The van der Waals surface area contributed by atoms with Crippen LogP contribution in [0.3, 0.4) is 0 Å². The molecular formula is C12H15N3O3. The second kappa shape index (κ2) is 5.05. The van der Waals surface area contributed by atoms with E-state index < -0.39 is 0 Å². The number of nitrogens with one attached hydrogen (secondary N) is 1. The third-order valence-corrected chi connectivity index (χ3v) is 3.02. The predicted molar refractivity (Wildman–Crippen MR) is 65.8 cm³/mol. The summed E-state index contributed by atoms with van der Waals surface area (Å²) >= 11 is 0. The second-order valence-electron chi connectivity index (χ2n) is 4.11. The van der Waals surface area contributed by atoms with Crippen LogP contribution in [0.2, 0.25) is 0 Å². The van der Waals surface area contributed by atoms with E-state index in [1.165, 1.54) is 0 Å². The Labute approximate surface area is 105 Å². The third kappa shape index (κ3) is 2.28. The molecule has 0 aromatic heterocycles. The van der Waals surface area contributed by atoms with E-state index in [9.17, 15) is 9.59 Å². The molecule has 1 atom stereocenters. The van der Waals surface area contributed by atoms with Gasteiger partial charge in [-0.15, -0.1) is 0 Å². The molecule has 3 N–H and O–H groups in total. The summed E-state index contributed by atoms with van der Waals surface area (Å²) in [5.41, 5.74) is 2.84. The molecule has 1 aromatic carbocycles. The molecule has 1 aromatic rings. The highest BCUT2D eigenvalue weighted by Crippen LogP contribution is 2.26. The average molecular weight is 249 g/mol. The highest BCUT2D eigenvalue weighted by atomic mass is 16.5. The van der Waals surface area contributed by atoms with E-state index in [0.29, 0.717) is 6.54 Å². The van der Waals surface area contributed by atoms with Crippen molar-refractivity contribution in [2.45, 2.75) is 6.42 Å². The molecule has 18 heavy (non-hydrogen) atoms. The number of nitrogens with zero attached hydrogens (tertiary/aromatic N) is 1. The van der Waals surface area contributed by atoms with Gasteiger partial charge in [0.1, 0.15) is 5.75 Å². The number of carbonyl (C=O) groups is 2. The number of hydrogen-bond donors (Lipinski definition) is 2. The largest absolute Gasteiger partial charge is 0.497 e. The monoisotopic (exact) mass is 249 g/mol. The SMILES string of the molecule is COc1ccc(N2CC(C(=O)NN)CC2=O)cc1. The summed E-state index contributed by atoms with van der Waals surface area (Å²) < 4.78 is 5.05. The Morgan fingerprint density at radius 2 is 2.11 bits per heavy atom. The molecule has 0 saturated carbocycles. The number of amides is 2. The number of hydrogen-bond acceptors (Lipinski definition) is 4. The Bertz CT molecular complexity index is 458. The smallest absolute Gasteiger partial charge is 0.239 e. The van der Waals surface area contributed by atoms with Crippen LogP contribution in [0.15, 0.2) is 24.3 Å². The summed E-state index contributed by atoms with van der Waals surface area (Å²) in [6, 6.07) is 7.14. The lowest BCUT2D eigenvalue weighted by molar-refractivity contribution is -0.126. The molecule has 2 amide bonds. The summed E-state index contributed by atoms with van der Waals surface area (Å²) in [6.45, 7) is 0.355. The molecule has 0 aliphatic carbocycles. The quantitative estimate of drug-likeness (QED) is 0.450. The molecule has 6 nitrogen and oxygen atoms in total. The third-order valence-electron chi connectivity index (χ3n) is 3.02. The van der Waals surface area contributed by atoms with Crippen LogP contribution in [0, 0.1) is 5.92 Å². The van der Waals surface area contributed by atoms with Crippen molar-refractivity contribution in [3.8, 4) is 5.75 Å². The van der Waals surface area contributed by atoms with Crippen LogP contribution >= 0.6 is 0 Å². The molecule has 1 heterocycles. The summed E-state index contributed by atoms with van der Waals surface area (Å²) in [6.07, 6.45) is 0.190. The number of nitrogens with two attached hydrogens (primary N) is 1. The molecule has 1 aliphatic rings. The Kier molecular flexibility index (Phi) is 3.47. The second-order valence-corrected chi connectivity index (χ2v) is 4.11. The van der Waals surface area contributed by atoms with Crippen molar-refractivity contribution >= 4 is 17.5 Å². The molecule has 1 aliphatic heterocycles. The molecular weight excluding hydrogens is 234 g/mol. The van der Waals surface area contributed by atoms with E-state index in [0.717, 1.165) is 11.4 Å². The molecule has 2 rings (SSSR count). The minimum absolute atomic E-state index is 0.0752. The number of benzene rings is 1. The molecule has 96 valence electrons. The van der Waals surface area contributed by atoms with Gasteiger partial charge in [0.05, 0.1) is 13.0 Å². The number of hydrazine groups is 1. The van der Waals surface area contributed by atoms with Gasteiger partial charge in [-0.05, 0) is 24.3 Å². The first-order valence-corrected chi connectivity index (χ1v) is 5.60. The van der Waals surface area contributed by atoms with Crippen molar-refractivity contribution < 1.29 is 14.3 Å². The molecule has 0 spiro atoms. The fourth-order valence-corrected chi connectivity index (χ4v) is 2.01. The first-order valence-electron chi connectivity index (χ1n) is 5.60. The van der Waals surface area contributed by atoms with E-state index in [1.54, 1.807) is 36.3 Å². The van der Waals surface area contributed by atoms with Gasteiger partial charge in [0.2, 0.25) is 11.8 Å². The Hall–Kier alpha value is -2.08. The van der Waals surface area contributed by atoms with E-state index in [2.05, 4.69) is 5.43 Å². The molecule has 1 fully saturated rings. The lowest BCUT2D eigenvalue weighted by Crippen LogP contribution is -2.37. The van der Waals surface area contributed by atoms with Crippen molar-refractivity contribution in [1.29, 1.82) is 0 Å². The van der Waals surface area contributed by atoms with E-state index in [4.69, 9.17) is 10.6 Å². The van der Waals surface area contributed by atoms with Crippen LogP contribution in [-0.2, 0) is 9.59 Å². The van der Waals surface area contributed by atoms with E-state index >= 15 is 0 Å². The minimum atomic E-state index is -0.385. The normalized spacial score (nSPS) is 18.9. The van der Waals surface area contributed by atoms with Crippen LogP contribution in [0.25, 0.3) is 0 Å². The summed E-state index contributed by atoms with van der Waals surface area (Å²) in [5.74, 6) is 5.03. The number of rotatable bonds is 3. The van der Waals surface area contributed by atoms with Gasteiger partial charge in [-0.25, -0.2) is 5.84 Å². The van der Waals surface area contributed by atoms with Gasteiger partial charge in [0.15, 0.2) is 0 Å². The first kappa shape index (κ1) is 12.4. The van der Waals surface area contributed by atoms with Gasteiger partial charge in [0.25, 0.3) is 0 Å². The number of anilines is 1. The Balaban J connectivity index is 2.13. The summed E-state index contributed by atoms with van der Waals surface area (Å²) in [5, 5.41) is 0. The Morgan fingerprint density at radius 3 is 2.67 bits per heavy atom.